The smallest absolute Gasteiger partial charge is 0.264 e. The van der Waals surface area contributed by atoms with Gasteiger partial charge in [0, 0.05) is 24.0 Å². The molecule has 5 rings (SSSR count). The molecule has 0 radical (unpaired) electrons. The van der Waals surface area contributed by atoms with Crippen LogP contribution in [0, 0.1) is 0 Å². The van der Waals surface area contributed by atoms with E-state index in [-0.39, 0.29) is 35.5 Å². The van der Waals surface area contributed by atoms with Crippen LogP contribution in [-0.4, -0.2) is 50.4 Å². The lowest BCUT2D eigenvalue weighted by Crippen LogP contribution is -2.55. The van der Waals surface area contributed by atoms with Gasteiger partial charge in [-0.05, 0) is 91.6 Å². The highest BCUT2D eigenvalue weighted by atomic mass is 35.5. The van der Waals surface area contributed by atoms with E-state index in [9.17, 15) is 18.0 Å². The molecule has 1 unspecified atom stereocenters. The quantitative estimate of drug-likeness (QED) is 0.140. The van der Waals surface area contributed by atoms with E-state index in [1.807, 2.05) is 37.3 Å². The number of anilines is 1. The van der Waals surface area contributed by atoms with Crippen molar-refractivity contribution in [1.29, 1.82) is 0 Å². The maximum Gasteiger partial charge on any atom is 0.264 e. The number of nitrogens with one attached hydrogen (secondary N) is 1. The zero-order valence-electron chi connectivity index (χ0n) is 27.7. The maximum atomic E-state index is 14.7. The van der Waals surface area contributed by atoms with E-state index in [0.29, 0.717) is 33.0 Å². The standard InChI is InChI=1S/C38H40Cl3N3O5S/c1-2-49-32-18-16-31(17-19-32)44(50(47,48)33-20-14-29(39)15-21-33)26-37(45)43(25-28-13-22-34(40)35(41)23-28)36(24-27-9-5-3-6-10-27)38(46)42-30-11-7-4-8-12-30/h3,5-6,9-10,13-23,30,36H,2,4,7-8,11-12,24-26H2,1H3,(H,42,46). The van der Waals surface area contributed by atoms with Crippen LogP contribution in [0.25, 0.3) is 0 Å². The van der Waals surface area contributed by atoms with Crippen LogP contribution in [0.1, 0.15) is 50.2 Å². The number of nitrogens with zero attached hydrogens (tertiary/aromatic N) is 2. The van der Waals surface area contributed by atoms with Gasteiger partial charge in [0.05, 0.1) is 27.2 Å². The molecule has 0 bridgehead atoms. The van der Waals surface area contributed by atoms with Gasteiger partial charge >= 0.3 is 0 Å². The SMILES string of the molecule is CCOc1ccc(N(CC(=O)N(Cc2ccc(Cl)c(Cl)c2)C(Cc2ccccc2)C(=O)NC2CCCCC2)S(=O)(=O)c2ccc(Cl)cc2)cc1. The van der Waals surface area contributed by atoms with Crippen LogP contribution < -0.4 is 14.4 Å². The van der Waals surface area contributed by atoms with E-state index in [1.165, 1.54) is 29.2 Å². The summed E-state index contributed by atoms with van der Waals surface area (Å²) in [5, 5.41) is 4.22. The van der Waals surface area contributed by atoms with Crippen LogP contribution in [-0.2, 0) is 32.6 Å². The Morgan fingerprint density at radius 2 is 1.52 bits per heavy atom. The molecule has 1 saturated carbocycles. The highest BCUT2D eigenvalue weighted by Gasteiger charge is 2.35. The second-order valence-corrected chi connectivity index (χ2v) is 15.3. The molecular formula is C38H40Cl3N3O5S. The molecule has 1 aliphatic rings. The second-order valence-electron chi connectivity index (χ2n) is 12.2. The molecule has 0 heterocycles. The van der Waals surface area contributed by atoms with Gasteiger partial charge in [-0.3, -0.25) is 13.9 Å². The lowest BCUT2D eigenvalue weighted by atomic mass is 9.94. The Morgan fingerprint density at radius 3 is 2.16 bits per heavy atom. The number of rotatable bonds is 14. The molecule has 4 aromatic carbocycles. The summed E-state index contributed by atoms with van der Waals surface area (Å²) in [6.45, 7) is 1.66. The van der Waals surface area contributed by atoms with Crippen molar-refractivity contribution in [3.63, 3.8) is 0 Å². The van der Waals surface area contributed by atoms with Gasteiger partial charge in [-0.1, -0.05) is 90.5 Å². The van der Waals surface area contributed by atoms with Crippen molar-refractivity contribution in [2.45, 2.75) is 69.0 Å². The fraction of sp³-hybridized carbons (Fsp3) is 0.316. The second kappa shape index (κ2) is 17.4. The van der Waals surface area contributed by atoms with Gasteiger partial charge in [0.25, 0.3) is 10.0 Å². The predicted molar refractivity (Wildman–Crippen MR) is 200 cm³/mol. The van der Waals surface area contributed by atoms with E-state index in [1.54, 1.807) is 42.5 Å². The van der Waals surface area contributed by atoms with Gasteiger partial charge in [-0.15, -0.1) is 0 Å². The van der Waals surface area contributed by atoms with E-state index < -0.39 is 28.5 Å². The minimum absolute atomic E-state index is 0.0120. The van der Waals surface area contributed by atoms with E-state index in [0.717, 1.165) is 42.0 Å². The van der Waals surface area contributed by atoms with Crippen molar-refractivity contribution in [1.82, 2.24) is 10.2 Å². The van der Waals surface area contributed by atoms with Crippen LogP contribution in [0.4, 0.5) is 5.69 Å². The minimum atomic E-state index is -4.29. The topological polar surface area (TPSA) is 96.0 Å². The summed E-state index contributed by atoms with van der Waals surface area (Å²) in [6.07, 6.45) is 5.06. The molecule has 1 fully saturated rings. The summed E-state index contributed by atoms with van der Waals surface area (Å²) in [5.41, 5.74) is 1.72. The average Bonchev–Trinajstić information content (AvgIpc) is 3.11. The van der Waals surface area contributed by atoms with Gasteiger partial charge in [-0.25, -0.2) is 8.42 Å². The van der Waals surface area contributed by atoms with E-state index in [2.05, 4.69) is 5.32 Å². The molecule has 4 aromatic rings. The molecule has 0 aromatic heterocycles. The van der Waals surface area contributed by atoms with Crippen LogP contribution in [0.5, 0.6) is 5.75 Å². The third-order valence-corrected chi connectivity index (χ3v) is 11.5. The minimum Gasteiger partial charge on any atom is -0.494 e. The molecule has 1 N–H and O–H groups in total. The Labute approximate surface area is 309 Å². The van der Waals surface area contributed by atoms with Crippen molar-refractivity contribution in [3.8, 4) is 5.75 Å². The average molecular weight is 757 g/mol. The lowest BCUT2D eigenvalue weighted by molar-refractivity contribution is -0.140. The van der Waals surface area contributed by atoms with Crippen molar-refractivity contribution < 1.29 is 22.7 Å². The Morgan fingerprint density at radius 1 is 0.840 bits per heavy atom. The Kier molecular flexibility index (Phi) is 13.1. The number of amides is 2. The van der Waals surface area contributed by atoms with E-state index in [4.69, 9.17) is 39.5 Å². The summed E-state index contributed by atoms with van der Waals surface area (Å²) < 4.78 is 35.2. The molecule has 12 heteroatoms. The van der Waals surface area contributed by atoms with Crippen molar-refractivity contribution in [2.24, 2.45) is 0 Å². The molecule has 2 amide bonds. The van der Waals surface area contributed by atoms with Crippen LogP contribution in [0.3, 0.4) is 0 Å². The number of ether oxygens (including phenoxy) is 1. The largest absolute Gasteiger partial charge is 0.494 e. The normalized spacial score (nSPS) is 14.1. The van der Waals surface area contributed by atoms with Crippen LogP contribution in [0.15, 0.2) is 102 Å². The first-order chi connectivity index (χ1) is 24.0. The number of carbonyl (C=O) groups is 2. The van der Waals surface area contributed by atoms with Gasteiger partial charge in [0.1, 0.15) is 18.3 Å². The predicted octanol–water partition coefficient (Wildman–Crippen LogP) is 8.33. The van der Waals surface area contributed by atoms with Gasteiger partial charge in [-0.2, -0.15) is 0 Å². The van der Waals surface area contributed by atoms with Gasteiger partial charge < -0.3 is 15.0 Å². The number of halogens is 3. The molecular weight excluding hydrogens is 717 g/mol. The van der Waals surface area contributed by atoms with Crippen LogP contribution in [0.2, 0.25) is 15.1 Å². The summed E-state index contributed by atoms with van der Waals surface area (Å²) in [7, 11) is -4.29. The third kappa shape index (κ3) is 9.72. The molecule has 1 aliphatic carbocycles. The number of carbonyl (C=O) groups excluding carboxylic acids is 2. The summed E-state index contributed by atoms with van der Waals surface area (Å²) in [5.74, 6) is -0.334. The first-order valence-corrected chi connectivity index (χ1v) is 19.2. The third-order valence-electron chi connectivity index (χ3n) is 8.68. The summed E-state index contributed by atoms with van der Waals surface area (Å²) >= 11 is 18.7. The van der Waals surface area contributed by atoms with Gasteiger partial charge in [0.2, 0.25) is 11.8 Å². The highest BCUT2D eigenvalue weighted by Crippen LogP contribution is 2.29. The van der Waals surface area contributed by atoms with Crippen molar-refractivity contribution >= 4 is 62.3 Å². The molecule has 0 aliphatic heterocycles. The van der Waals surface area contributed by atoms with E-state index >= 15 is 0 Å². The molecule has 0 saturated heterocycles. The fourth-order valence-corrected chi connectivity index (χ4v) is 7.93. The highest BCUT2D eigenvalue weighted by molar-refractivity contribution is 7.92. The maximum absolute atomic E-state index is 14.7. The summed E-state index contributed by atoms with van der Waals surface area (Å²) in [6, 6.07) is 25.7. The fourth-order valence-electron chi connectivity index (χ4n) is 6.07. The van der Waals surface area contributed by atoms with Gasteiger partial charge in [0.15, 0.2) is 0 Å². The molecule has 50 heavy (non-hydrogen) atoms. The monoisotopic (exact) mass is 755 g/mol. The summed E-state index contributed by atoms with van der Waals surface area (Å²) in [4.78, 5) is 30.4. The zero-order chi connectivity index (χ0) is 35.7. The number of benzene rings is 4. The molecule has 1 atom stereocenters. The Balaban J connectivity index is 1.57. The zero-order valence-corrected chi connectivity index (χ0v) is 30.8. The van der Waals surface area contributed by atoms with Crippen molar-refractivity contribution in [3.05, 3.63) is 123 Å². The molecule has 264 valence electrons. The van der Waals surface area contributed by atoms with Crippen molar-refractivity contribution in [2.75, 3.05) is 17.5 Å². The van der Waals surface area contributed by atoms with Crippen LogP contribution >= 0.6 is 34.8 Å². The molecule has 0 spiro atoms. The Bertz CT molecular complexity index is 1850. The molecule has 8 nitrogen and oxygen atoms in total. The number of sulfonamides is 1. The lowest BCUT2D eigenvalue weighted by Gasteiger charge is -2.35. The Hall–Kier alpha value is -3.76. The number of hydrogen-bond acceptors (Lipinski definition) is 5. The first-order valence-electron chi connectivity index (χ1n) is 16.6. The first kappa shape index (κ1) is 37.5. The number of hydrogen-bond donors (Lipinski definition) is 1.